The van der Waals surface area contributed by atoms with E-state index in [1.54, 1.807) is 21.3 Å². The van der Waals surface area contributed by atoms with Gasteiger partial charge in [0.05, 0.1) is 26.9 Å². The Kier molecular flexibility index (Phi) is 4.69. The molecule has 5 nitrogen and oxygen atoms in total. The van der Waals surface area contributed by atoms with Crippen LogP contribution >= 0.6 is 0 Å². The first-order valence-electron chi connectivity index (χ1n) is 8.38. The third-order valence-corrected chi connectivity index (χ3v) is 5.46. The van der Waals surface area contributed by atoms with Crippen LogP contribution in [0.4, 0.5) is 0 Å². The van der Waals surface area contributed by atoms with Crippen molar-refractivity contribution in [2.24, 2.45) is 5.92 Å². The number of methoxy groups -OCH3 is 3. The van der Waals surface area contributed by atoms with Gasteiger partial charge >= 0.3 is 0 Å². The van der Waals surface area contributed by atoms with Crippen molar-refractivity contribution in [2.45, 2.75) is 43.7 Å². The van der Waals surface area contributed by atoms with E-state index in [1.165, 1.54) is 6.42 Å². The molecule has 1 aromatic carbocycles. The van der Waals surface area contributed by atoms with Crippen LogP contribution in [0.5, 0.6) is 17.2 Å². The molecule has 2 N–H and O–H groups in total. The maximum absolute atomic E-state index is 11.1. The zero-order chi connectivity index (χ0) is 16.4. The molecule has 5 heteroatoms. The second kappa shape index (κ2) is 6.57. The molecule has 128 valence electrons. The highest BCUT2D eigenvalue weighted by Crippen LogP contribution is 2.49. The molecule has 2 fully saturated rings. The third kappa shape index (κ3) is 2.88. The van der Waals surface area contributed by atoms with E-state index in [-0.39, 0.29) is 12.0 Å². The van der Waals surface area contributed by atoms with Crippen molar-refractivity contribution in [3.63, 3.8) is 0 Å². The van der Waals surface area contributed by atoms with Crippen LogP contribution in [0.25, 0.3) is 0 Å². The van der Waals surface area contributed by atoms with Gasteiger partial charge in [0.1, 0.15) is 5.75 Å². The van der Waals surface area contributed by atoms with E-state index >= 15 is 0 Å². The lowest BCUT2D eigenvalue weighted by molar-refractivity contribution is -0.0863. The van der Waals surface area contributed by atoms with Crippen LogP contribution in [0.3, 0.4) is 0 Å². The predicted molar refractivity (Wildman–Crippen MR) is 88.4 cm³/mol. The monoisotopic (exact) mass is 321 g/mol. The number of ether oxygens (including phenoxy) is 3. The summed E-state index contributed by atoms with van der Waals surface area (Å²) in [5, 5.41) is 14.7. The van der Waals surface area contributed by atoms with Crippen LogP contribution in [0.15, 0.2) is 12.1 Å². The van der Waals surface area contributed by atoms with Gasteiger partial charge in [-0.25, -0.2) is 0 Å². The second-order valence-corrected chi connectivity index (χ2v) is 6.59. The Morgan fingerprint density at radius 1 is 1.00 bits per heavy atom. The molecule has 3 rings (SSSR count). The molecule has 0 spiro atoms. The summed E-state index contributed by atoms with van der Waals surface area (Å²) in [7, 11) is 4.93. The standard InChI is InChI=1S/C18H27NO4/c1-21-14-11-16(23-3)15(22-2)10-12(14)17-13-6-4-5-7-18(13,20)8-9-19-17/h10-11,13,17,19-20H,4-9H2,1-3H3/t13-,17+,18-/m0/s1. The normalized spacial score (nSPS) is 30.4. The van der Waals surface area contributed by atoms with E-state index in [0.717, 1.165) is 43.5 Å². The lowest BCUT2D eigenvalue weighted by atomic mass is 9.66. The van der Waals surface area contributed by atoms with Gasteiger partial charge in [-0.05, 0) is 31.9 Å². The maximum atomic E-state index is 11.1. The highest BCUT2D eigenvalue weighted by molar-refractivity contribution is 5.52. The molecule has 2 aliphatic rings. The van der Waals surface area contributed by atoms with Crippen LogP contribution in [-0.4, -0.2) is 38.6 Å². The van der Waals surface area contributed by atoms with E-state index in [0.29, 0.717) is 11.5 Å². The first kappa shape index (κ1) is 16.4. The molecule has 23 heavy (non-hydrogen) atoms. The van der Waals surface area contributed by atoms with Crippen molar-refractivity contribution in [1.82, 2.24) is 5.32 Å². The number of aliphatic hydroxyl groups is 1. The van der Waals surface area contributed by atoms with Crippen molar-refractivity contribution < 1.29 is 19.3 Å². The summed E-state index contributed by atoms with van der Waals surface area (Å²) in [6.07, 6.45) is 5.03. The average Bonchev–Trinajstić information content (AvgIpc) is 2.59. The van der Waals surface area contributed by atoms with Gasteiger partial charge in [-0.2, -0.15) is 0 Å². The lowest BCUT2D eigenvalue weighted by Crippen LogP contribution is -2.53. The lowest BCUT2D eigenvalue weighted by Gasteiger charge is -2.48. The van der Waals surface area contributed by atoms with Gasteiger partial charge in [0, 0.05) is 23.6 Å². The summed E-state index contributed by atoms with van der Waals surface area (Å²) in [5.74, 6) is 2.32. The largest absolute Gasteiger partial charge is 0.496 e. The number of benzene rings is 1. The fourth-order valence-electron chi connectivity index (χ4n) is 4.25. The van der Waals surface area contributed by atoms with E-state index < -0.39 is 5.60 Å². The Hall–Kier alpha value is -1.46. The summed E-state index contributed by atoms with van der Waals surface area (Å²) in [4.78, 5) is 0. The minimum absolute atomic E-state index is 0.0730. The predicted octanol–water partition coefficient (Wildman–Crippen LogP) is 2.67. The Balaban J connectivity index is 2.02. The molecule has 0 bridgehead atoms. The van der Waals surface area contributed by atoms with E-state index in [4.69, 9.17) is 14.2 Å². The Bertz CT molecular complexity index is 558. The highest BCUT2D eigenvalue weighted by atomic mass is 16.5. The third-order valence-electron chi connectivity index (χ3n) is 5.46. The summed E-state index contributed by atoms with van der Waals surface area (Å²) in [6.45, 7) is 0.815. The molecule has 0 aromatic heterocycles. The maximum Gasteiger partial charge on any atom is 0.164 e. The molecule has 1 saturated carbocycles. The zero-order valence-corrected chi connectivity index (χ0v) is 14.2. The Morgan fingerprint density at radius 3 is 2.39 bits per heavy atom. The van der Waals surface area contributed by atoms with Gasteiger partial charge in [0.15, 0.2) is 11.5 Å². The van der Waals surface area contributed by atoms with Gasteiger partial charge in [-0.15, -0.1) is 0 Å². The van der Waals surface area contributed by atoms with Gasteiger partial charge in [-0.1, -0.05) is 12.8 Å². The molecule has 1 aliphatic carbocycles. The molecule has 3 atom stereocenters. The van der Waals surface area contributed by atoms with Crippen LogP contribution in [0, 0.1) is 5.92 Å². The van der Waals surface area contributed by atoms with Crippen LogP contribution < -0.4 is 19.5 Å². The van der Waals surface area contributed by atoms with Crippen molar-refractivity contribution in [3.8, 4) is 17.2 Å². The molecule has 0 unspecified atom stereocenters. The van der Waals surface area contributed by atoms with Crippen molar-refractivity contribution in [1.29, 1.82) is 0 Å². The number of nitrogens with one attached hydrogen (secondary N) is 1. The van der Waals surface area contributed by atoms with Gasteiger partial charge < -0.3 is 24.6 Å². The van der Waals surface area contributed by atoms with Crippen LogP contribution in [-0.2, 0) is 0 Å². The zero-order valence-electron chi connectivity index (χ0n) is 14.2. The first-order valence-corrected chi connectivity index (χ1v) is 8.38. The SMILES string of the molecule is COc1cc(OC)c([C@H]2NCC[C@@]3(O)CCCC[C@@H]23)cc1OC. The number of hydrogen-bond acceptors (Lipinski definition) is 5. The molecular formula is C18H27NO4. The number of hydrogen-bond donors (Lipinski definition) is 2. The van der Waals surface area contributed by atoms with Gasteiger partial charge in [0.25, 0.3) is 0 Å². The summed E-state index contributed by atoms with van der Waals surface area (Å²) in [5.41, 5.74) is 0.474. The van der Waals surface area contributed by atoms with Crippen LogP contribution in [0.1, 0.15) is 43.7 Å². The first-order chi connectivity index (χ1) is 11.1. The van der Waals surface area contributed by atoms with Crippen molar-refractivity contribution in [2.75, 3.05) is 27.9 Å². The number of fused-ring (bicyclic) bond motifs is 1. The van der Waals surface area contributed by atoms with Crippen LogP contribution in [0.2, 0.25) is 0 Å². The fraction of sp³-hybridized carbons (Fsp3) is 0.667. The second-order valence-electron chi connectivity index (χ2n) is 6.59. The van der Waals surface area contributed by atoms with E-state index in [9.17, 15) is 5.11 Å². The number of piperidine rings is 1. The molecule has 1 heterocycles. The highest BCUT2D eigenvalue weighted by Gasteiger charge is 2.46. The van der Waals surface area contributed by atoms with E-state index in [1.807, 2.05) is 12.1 Å². The Morgan fingerprint density at radius 2 is 1.70 bits per heavy atom. The molecule has 1 aliphatic heterocycles. The van der Waals surface area contributed by atoms with Crippen molar-refractivity contribution in [3.05, 3.63) is 17.7 Å². The molecular weight excluding hydrogens is 294 g/mol. The molecule has 0 radical (unpaired) electrons. The minimum atomic E-state index is -0.563. The number of rotatable bonds is 4. The van der Waals surface area contributed by atoms with Gasteiger partial charge in [0.2, 0.25) is 0 Å². The molecule has 1 aromatic rings. The van der Waals surface area contributed by atoms with Gasteiger partial charge in [-0.3, -0.25) is 0 Å². The molecule has 1 saturated heterocycles. The van der Waals surface area contributed by atoms with Crippen molar-refractivity contribution >= 4 is 0 Å². The smallest absolute Gasteiger partial charge is 0.164 e. The summed E-state index contributed by atoms with van der Waals surface area (Å²) >= 11 is 0. The minimum Gasteiger partial charge on any atom is -0.496 e. The summed E-state index contributed by atoms with van der Waals surface area (Å²) < 4.78 is 16.4. The fourth-order valence-corrected chi connectivity index (χ4v) is 4.25. The quantitative estimate of drug-likeness (QED) is 0.893. The molecule has 0 amide bonds. The summed E-state index contributed by atoms with van der Waals surface area (Å²) in [6, 6.07) is 3.92. The topological polar surface area (TPSA) is 60.0 Å². The Labute approximate surface area is 137 Å². The van der Waals surface area contributed by atoms with E-state index in [2.05, 4.69) is 5.32 Å². The average molecular weight is 321 g/mol.